The molecule has 1 rings (SSSR count). The molecule has 1 aromatic rings. The average molecular weight is 297 g/mol. The number of ether oxygens (including phenoxy) is 2. The quantitative estimate of drug-likeness (QED) is 0.668. The average Bonchev–Trinajstić information content (AvgIpc) is 2.47. The van der Waals surface area contributed by atoms with Gasteiger partial charge in [-0.25, -0.2) is 4.39 Å². The van der Waals surface area contributed by atoms with E-state index in [-0.39, 0.29) is 17.5 Å². The summed E-state index contributed by atoms with van der Waals surface area (Å²) in [5.74, 6) is -0.223. The fraction of sp³-hybridized carbons (Fsp3) is 0.647. The van der Waals surface area contributed by atoms with Crippen LogP contribution < -0.4 is 5.32 Å². The predicted octanol–water partition coefficient (Wildman–Crippen LogP) is 3.70. The Morgan fingerprint density at radius 2 is 1.90 bits per heavy atom. The molecule has 1 atom stereocenters. The third-order valence-electron chi connectivity index (χ3n) is 3.57. The number of nitrogens with one attached hydrogen (secondary N) is 1. The Morgan fingerprint density at radius 3 is 2.48 bits per heavy atom. The van der Waals surface area contributed by atoms with E-state index >= 15 is 0 Å². The summed E-state index contributed by atoms with van der Waals surface area (Å²) in [5, 5.41) is 3.36. The standard InChI is InChI=1S/C17H28FNO2/c1-5-11-19-13-16(14-6-8-15(18)9-7-14)21-12-10-17(2,3)20-4/h6-9,16,19H,5,10-13H2,1-4H3. The van der Waals surface area contributed by atoms with E-state index in [1.54, 1.807) is 19.2 Å². The van der Waals surface area contributed by atoms with Gasteiger partial charge in [-0.15, -0.1) is 0 Å². The topological polar surface area (TPSA) is 30.5 Å². The van der Waals surface area contributed by atoms with E-state index in [1.165, 1.54) is 12.1 Å². The van der Waals surface area contributed by atoms with Crippen LogP contribution >= 0.6 is 0 Å². The molecule has 0 spiro atoms. The van der Waals surface area contributed by atoms with Gasteiger partial charge in [-0.1, -0.05) is 19.1 Å². The summed E-state index contributed by atoms with van der Waals surface area (Å²) in [4.78, 5) is 0. The van der Waals surface area contributed by atoms with Crippen molar-refractivity contribution < 1.29 is 13.9 Å². The number of halogens is 1. The van der Waals surface area contributed by atoms with E-state index in [0.717, 1.165) is 31.5 Å². The summed E-state index contributed by atoms with van der Waals surface area (Å²) >= 11 is 0. The summed E-state index contributed by atoms with van der Waals surface area (Å²) in [6, 6.07) is 6.53. The molecule has 0 bridgehead atoms. The molecule has 4 heteroatoms. The zero-order valence-electron chi connectivity index (χ0n) is 13.6. The maximum Gasteiger partial charge on any atom is 0.123 e. The lowest BCUT2D eigenvalue weighted by atomic mass is 10.1. The number of hydrogen-bond donors (Lipinski definition) is 1. The predicted molar refractivity (Wildman–Crippen MR) is 84.0 cm³/mol. The van der Waals surface area contributed by atoms with Crippen molar-refractivity contribution in [2.45, 2.75) is 45.3 Å². The number of rotatable bonds is 10. The van der Waals surface area contributed by atoms with Gasteiger partial charge in [0.2, 0.25) is 0 Å². The molecule has 0 amide bonds. The van der Waals surface area contributed by atoms with Crippen molar-refractivity contribution in [2.75, 3.05) is 26.8 Å². The van der Waals surface area contributed by atoms with Gasteiger partial charge in [-0.2, -0.15) is 0 Å². The minimum Gasteiger partial charge on any atom is -0.379 e. The molecule has 0 radical (unpaired) electrons. The van der Waals surface area contributed by atoms with Crippen LogP contribution in [0.2, 0.25) is 0 Å². The lowest BCUT2D eigenvalue weighted by Crippen LogP contribution is -2.28. The number of methoxy groups -OCH3 is 1. The van der Waals surface area contributed by atoms with Crippen LogP contribution in [-0.4, -0.2) is 32.4 Å². The fourth-order valence-corrected chi connectivity index (χ4v) is 1.91. The second-order valence-corrected chi connectivity index (χ2v) is 5.83. The molecule has 0 aromatic heterocycles. The molecular formula is C17H28FNO2. The van der Waals surface area contributed by atoms with Crippen LogP contribution in [0.4, 0.5) is 4.39 Å². The lowest BCUT2D eigenvalue weighted by molar-refractivity contribution is -0.0272. The van der Waals surface area contributed by atoms with Gasteiger partial charge >= 0.3 is 0 Å². The van der Waals surface area contributed by atoms with Crippen LogP contribution in [-0.2, 0) is 9.47 Å². The summed E-state index contributed by atoms with van der Waals surface area (Å²) in [6.45, 7) is 8.49. The summed E-state index contributed by atoms with van der Waals surface area (Å²) < 4.78 is 24.4. The Balaban J connectivity index is 2.58. The Labute approximate surface area is 127 Å². The molecule has 0 aliphatic heterocycles. The van der Waals surface area contributed by atoms with E-state index in [2.05, 4.69) is 12.2 Å². The molecule has 1 unspecified atom stereocenters. The highest BCUT2D eigenvalue weighted by atomic mass is 19.1. The molecule has 0 saturated carbocycles. The van der Waals surface area contributed by atoms with Crippen molar-refractivity contribution in [3.05, 3.63) is 35.6 Å². The third-order valence-corrected chi connectivity index (χ3v) is 3.57. The molecule has 21 heavy (non-hydrogen) atoms. The van der Waals surface area contributed by atoms with Crippen LogP contribution in [0.15, 0.2) is 24.3 Å². The van der Waals surface area contributed by atoms with Crippen molar-refractivity contribution >= 4 is 0 Å². The van der Waals surface area contributed by atoms with Crippen LogP contribution in [0.3, 0.4) is 0 Å². The maximum atomic E-state index is 13.0. The van der Waals surface area contributed by atoms with E-state index in [0.29, 0.717) is 6.61 Å². The van der Waals surface area contributed by atoms with Gasteiger partial charge < -0.3 is 14.8 Å². The highest BCUT2D eigenvalue weighted by molar-refractivity contribution is 5.19. The second kappa shape index (κ2) is 9.13. The fourth-order valence-electron chi connectivity index (χ4n) is 1.91. The molecule has 0 fully saturated rings. The van der Waals surface area contributed by atoms with Crippen molar-refractivity contribution in [1.82, 2.24) is 5.32 Å². The molecule has 3 nitrogen and oxygen atoms in total. The van der Waals surface area contributed by atoms with E-state index in [4.69, 9.17) is 9.47 Å². The highest BCUT2D eigenvalue weighted by Crippen LogP contribution is 2.20. The summed E-state index contributed by atoms with van der Waals surface area (Å²) in [6.07, 6.45) is 1.83. The van der Waals surface area contributed by atoms with Gasteiger partial charge in [0.15, 0.2) is 0 Å². The summed E-state index contributed by atoms with van der Waals surface area (Å²) in [7, 11) is 1.71. The Morgan fingerprint density at radius 1 is 1.24 bits per heavy atom. The Kier molecular flexibility index (Phi) is 7.86. The first kappa shape index (κ1) is 18.1. The van der Waals surface area contributed by atoms with Crippen molar-refractivity contribution in [3.8, 4) is 0 Å². The minimum atomic E-state index is -0.223. The number of benzene rings is 1. The molecule has 1 aromatic carbocycles. The van der Waals surface area contributed by atoms with Gasteiger partial charge in [0.1, 0.15) is 5.82 Å². The molecule has 0 aliphatic rings. The molecule has 0 aliphatic carbocycles. The zero-order valence-corrected chi connectivity index (χ0v) is 13.6. The maximum absolute atomic E-state index is 13.0. The minimum absolute atomic E-state index is 0.0650. The Bertz CT molecular complexity index is 392. The molecular weight excluding hydrogens is 269 g/mol. The smallest absolute Gasteiger partial charge is 0.123 e. The van der Waals surface area contributed by atoms with Crippen LogP contribution in [0.1, 0.15) is 45.3 Å². The zero-order chi connectivity index (χ0) is 15.7. The van der Waals surface area contributed by atoms with Crippen molar-refractivity contribution in [1.29, 1.82) is 0 Å². The van der Waals surface area contributed by atoms with E-state index < -0.39 is 0 Å². The third kappa shape index (κ3) is 7.02. The normalized spacial score (nSPS) is 13.4. The van der Waals surface area contributed by atoms with Crippen molar-refractivity contribution in [2.24, 2.45) is 0 Å². The van der Waals surface area contributed by atoms with Gasteiger partial charge in [0.25, 0.3) is 0 Å². The number of hydrogen-bond acceptors (Lipinski definition) is 3. The van der Waals surface area contributed by atoms with Crippen LogP contribution in [0.5, 0.6) is 0 Å². The van der Waals surface area contributed by atoms with Gasteiger partial charge in [0.05, 0.1) is 18.3 Å². The van der Waals surface area contributed by atoms with Gasteiger partial charge in [0, 0.05) is 13.7 Å². The first-order valence-electron chi connectivity index (χ1n) is 7.61. The molecule has 1 N–H and O–H groups in total. The second-order valence-electron chi connectivity index (χ2n) is 5.83. The first-order valence-corrected chi connectivity index (χ1v) is 7.61. The van der Waals surface area contributed by atoms with E-state index in [9.17, 15) is 4.39 Å². The first-order chi connectivity index (χ1) is 9.98. The monoisotopic (exact) mass is 297 g/mol. The van der Waals surface area contributed by atoms with Crippen LogP contribution in [0.25, 0.3) is 0 Å². The van der Waals surface area contributed by atoms with Crippen molar-refractivity contribution in [3.63, 3.8) is 0 Å². The largest absolute Gasteiger partial charge is 0.379 e. The molecule has 0 saturated heterocycles. The highest BCUT2D eigenvalue weighted by Gasteiger charge is 2.18. The van der Waals surface area contributed by atoms with Gasteiger partial charge in [-0.05, 0) is 50.9 Å². The molecule has 120 valence electrons. The molecule has 0 heterocycles. The van der Waals surface area contributed by atoms with Crippen LogP contribution in [0, 0.1) is 5.82 Å². The lowest BCUT2D eigenvalue weighted by Gasteiger charge is -2.25. The Hall–Kier alpha value is -0.970. The van der Waals surface area contributed by atoms with E-state index in [1.807, 2.05) is 13.8 Å². The van der Waals surface area contributed by atoms with Gasteiger partial charge in [-0.3, -0.25) is 0 Å². The summed E-state index contributed by atoms with van der Waals surface area (Å²) in [5.41, 5.74) is 0.805. The SMILES string of the molecule is CCCNCC(OCCC(C)(C)OC)c1ccc(F)cc1.